The summed E-state index contributed by atoms with van der Waals surface area (Å²) < 4.78 is 0. The summed E-state index contributed by atoms with van der Waals surface area (Å²) in [7, 11) is 0. The minimum atomic E-state index is -0.152. The summed E-state index contributed by atoms with van der Waals surface area (Å²) in [5.41, 5.74) is 1.01. The Balaban J connectivity index is 2.84. The maximum absolute atomic E-state index is 12.3. The van der Waals surface area contributed by atoms with Crippen LogP contribution in [0.25, 0.3) is 0 Å². The van der Waals surface area contributed by atoms with Gasteiger partial charge in [-0.3, -0.25) is 4.79 Å². The van der Waals surface area contributed by atoms with Crippen LogP contribution in [-0.4, -0.2) is 46.3 Å². The predicted octanol–water partition coefficient (Wildman–Crippen LogP) is 3.10. The van der Waals surface area contributed by atoms with Gasteiger partial charge in [-0.15, -0.1) is 0 Å². The van der Waals surface area contributed by atoms with Crippen molar-refractivity contribution in [2.24, 2.45) is 0 Å². The number of aliphatic hydroxyl groups is 1. The van der Waals surface area contributed by atoms with Crippen LogP contribution in [0.5, 0.6) is 0 Å². The van der Waals surface area contributed by atoms with Gasteiger partial charge in [0.15, 0.2) is 0 Å². The Morgan fingerprint density at radius 1 is 1.43 bits per heavy atom. The van der Waals surface area contributed by atoms with Crippen LogP contribution in [0.2, 0.25) is 5.02 Å². The lowest BCUT2D eigenvalue weighted by Crippen LogP contribution is -2.42. The van der Waals surface area contributed by atoms with E-state index >= 15 is 0 Å². The lowest BCUT2D eigenvalue weighted by molar-refractivity contribution is -0.134. The Hall–Kier alpha value is -0.360. The predicted molar refractivity (Wildman–Crippen MR) is 94.3 cm³/mol. The van der Waals surface area contributed by atoms with Crippen molar-refractivity contribution in [1.29, 1.82) is 0 Å². The van der Waals surface area contributed by atoms with Crippen LogP contribution in [0.3, 0.4) is 0 Å². The van der Waals surface area contributed by atoms with E-state index < -0.39 is 0 Å². The smallest absolute Gasteiger partial charge is 0.224 e. The number of aliphatic hydroxyl groups excluding tert-OH is 1. The summed E-state index contributed by atoms with van der Waals surface area (Å²) in [6.07, 6.45) is 3.18. The average molecular weight is 348 g/mol. The number of hydrogen-bond acceptors (Lipinski definition) is 4. The summed E-state index contributed by atoms with van der Waals surface area (Å²) >= 11 is 11.7. The van der Waals surface area contributed by atoms with Crippen molar-refractivity contribution in [2.75, 3.05) is 24.4 Å². The van der Waals surface area contributed by atoms with Gasteiger partial charge in [0.25, 0.3) is 0 Å². The van der Waals surface area contributed by atoms with Gasteiger partial charge in [-0.1, -0.05) is 23.7 Å². The third kappa shape index (κ3) is 6.51. The highest BCUT2D eigenvalue weighted by Gasteiger charge is 2.22. The molecule has 0 aliphatic rings. The van der Waals surface area contributed by atoms with E-state index in [9.17, 15) is 9.90 Å². The highest BCUT2D eigenvalue weighted by atomic mass is 35.5. The van der Waals surface area contributed by atoms with Crippen molar-refractivity contribution in [2.45, 2.75) is 25.4 Å². The Kier molecular flexibility index (Phi) is 9.24. The number of carbonyl (C=O) groups excluding carboxylic acids is 1. The Bertz CT molecular complexity index is 428. The summed E-state index contributed by atoms with van der Waals surface area (Å²) in [6.45, 7) is 0.468. The van der Waals surface area contributed by atoms with Crippen molar-refractivity contribution in [3.8, 4) is 0 Å². The molecular formula is C15H22ClNO2S2. The molecule has 1 amide bonds. The second-order valence-electron chi connectivity index (χ2n) is 4.74. The number of rotatable bonds is 9. The molecule has 1 aromatic carbocycles. The molecule has 1 aromatic rings. The standard InChI is InChI=1S/C15H22ClNO2S2/c1-21-9-7-14(11-18)17(15(19)6-8-20)10-12-2-4-13(16)5-3-12/h2-5,14,18,20H,6-11H2,1H3/t14-/m0/s1. The molecule has 21 heavy (non-hydrogen) atoms. The quantitative estimate of drug-likeness (QED) is 0.674. The molecule has 0 fully saturated rings. The number of amides is 1. The molecule has 3 nitrogen and oxygen atoms in total. The number of carbonyl (C=O) groups is 1. The van der Waals surface area contributed by atoms with E-state index in [1.807, 2.05) is 30.5 Å². The number of nitrogens with zero attached hydrogens (tertiary/aromatic N) is 1. The van der Waals surface area contributed by atoms with E-state index in [1.165, 1.54) is 0 Å². The van der Waals surface area contributed by atoms with Gasteiger partial charge in [0, 0.05) is 18.0 Å². The molecule has 0 aliphatic heterocycles. The zero-order valence-corrected chi connectivity index (χ0v) is 14.6. The first-order valence-corrected chi connectivity index (χ1v) is 9.27. The Labute approximate surface area is 141 Å². The molecule has 0 saturated carbocycles. The largest absolute Gasteiger partial charge is 0.394 e. The fourth-order valence-corrected chi connectivity index (χ4v) is 2.87. The molecule has 1 N–H and O–H groups in total. The van der Waals surface area contributed by atoms with Gasteiger partial charge < -0.3 is 10.0 Å². The first-order valence-electron chi connectivity index (χ1n) is 6.87. The topological polar surface area (TPSA) is 40.5 Å². The van der Waals surface area contributed by atoms with Gasteiger partial charge in [-0.2, -0.15) is 24.4 Å². The van der Waals surface area contributed by atoms with E-state index in [1.54, 1.807) is 16.7 Å². The van der Waals surface area contributed by atoms with E-state index in [4.69, 9.17) is 11.6 Å². The molecule has 118 valence electrons. The fourth-order valence-electron chi connectivity index (χ4n) is 2.05. The molecule has 0 unspecified atom stereocenters. The summed E-state index contributed by atoms with van der Waals surface area (Å²) in [5, 5.41) is 10.3. The van der Waals surface area contributed by atoms with Crippen LogP contribution < -0.4 is 0 Å². The fraction of sp³-hybridized carbons (Fsp3) is 0.533. The van der Waals surface area contributed by atoms with Gasteiger partial charge in [-0.25, -0.2) is 0 Å². The molecule has 1 rings (SSSR count). The van der Waals surface area contributed by atoms with Crippen LogP contribution in [-0.2, 0) is 11.3 Å². The van der Waals surface area contributed by atoms with Crippen LogP contribution in [0.4, 0.5) is 0 Å². The van der Waals surface area contributed by atoms with Gasteiger partial charge in [-0.05, 0) is 41.9 Å². The first-order chi connectivity index (χ1) is 10.1. The SMILES string of the molecule is CSCC[C@@H](CO)N(Cc1ccc(Cl)cc1)C(=O)CCS. The summed E-state index contributed by atoms with van der Waals surface area (Å²) in [6, 6.07) is 7.29. The van der Waals surface area contributed by atoms with Crippen LogP contribution in [0.1, 0.15) is 18.4 Å². The normalized spacial score (nSPS) is 12.2. The van der Waals surface area contributed by atoms with E-state index in [0.29, 0.717) is 23.7 Å². The van der Waals surface area contributed by atoms with Gasteiger partial charge >= 0.3 is 0 Å². The molecule has 0 radical (unpaired) electrons. The minimum Gasteiger partial charge on any atom is -0.394 e. The number of halogens is 1. The van der Waals surface area contributed by atoms with Crippen LogP contribution >= 0.6 is 36.0 Å². The van der Waals surface area contributed by atoms with E-state index in [2.05, 4.69) is 12.6 Å². The first kappa shape index (κ1) is 18.7. The maximum atomic E-state index is 12.3. The maximum Gasteiger partial charge on any atom is 0.224 e. The highest BCUT2D eigenvalue weighted by molar-refractivity contribution is 7.98. The van der Waals surface area contributed by atoms with Crippen molar-refractivity contribution >= 4 is 41.9 Å². The Morgan fingerprint density at radius 2 is 2.10 bits per heavy atom. The molecular weight excluding hydrogens is 326 g/mol. The van der Waals surface area contributed by atoms with Crippen molar-refractivity contribution < 1.29 is 9.90 Å². The molecule has 6 heteroatoms. The number of thiol groups is 1. The average Bonchev–Trinajstić information content (AvgIpc) is 2.49. The minimum absolute atomic E-state index is 0.0214. The van der Waals surface area contributed by atoms with E-state index in [-0.39, 0.29) is 18.6 Å². The summed E-state index contributed by atoms with van der Waals surface area (Å²) in [5.74, 6) is 1.45. The highest BCUT2D eigenvalue weighted by Crippen LogP contribution is 2.16. The second-order valence-corrected chi connectivity index (χ2v) is 6.61. The second kappa shape index (κ2) is 10.4. The lowest BCUT2D eigenvalue weighted by atomic mass is 10.1. The van der Waals surface area contributed by atoms with Gasteiger partial charge in [0.2, 0.25) is 5.91 Å². The number of hydrogen-bond donors (Lipinski definition) is 2. The van der Waals surface area contributed by atoms with Crippen molar-refractivity contribution in [1.82, 2.24) is 4.90 Å². The number of benzene rings is 1. The third-order valence-electron chi connectivity index (χ3n) is 3.22. The lowest BCUT2D eigenvalue weighted by Gasteiger charge is -2.31. The molecule has 0 aliphatic carbocycles. The molecule has 0 spiro atoms. The van der Waals surface area contributed by atoms with E-state index in [0.717, 1.165) is 17.7 Å². The van der Waals surface area contributed by atoms with Gasteiger partial charge in [0.05, 0.1) is 12.6 Å². The van der Waals surface area contributed by atoms with Crippen LogP contribution in [0.15, 0.2) is 24.3 Å². The molecule has 0 saturated heterocycles. The molecule has 0 bridgehead atoms. The molecule has 1 atom stereocenters. The van der Waals surface area contributed by atoms with Crippen LogP contribution in [0, 0.1) is 0 Å². The molecule has 0 heterocycles. The van der Waals surface area contributed by atoms with Crippen molar-refractivity contribution in [3.63, 3.8) is 0 Å². The van der Waals surface area contributed by atoms with Gasteiger partial charge in [0.1, 0.15) is 0 Å². The zero-order chi connectivity index (χ0) is 15.7. The zero-order valence-electron chi connectivity index (χ0n) is 12.2. The number of thioether (sulfide) groups is 1. The third-order valence-corrected chi connectivity index (χ3v) is 4.34. The summed E-state index contributed by atoms with van der Waals surface area (Å²) in [4.78, 5) is 14.1. The van der Waals surface area contributed by atoms with Crippen molar-refractivity contribution in [3.05, 3.63) is 34.9 Å². The Morgan fingerprint density at radius 3 is 2.62 bits per heavy atom. The monoisotopic (exact) mass is 347 g/mol. The molecule has 0 aromatic heterocycles.